The van der Waals surface area contributed by atoms with Gasteiger partial charge in [-0.2, -0.15) is 0 Å². The van der Waals surface area contributed by atoms with Gasteiger partial charge in [-0.05, 0) is 0 Å². The predicted molar refractivity (Wildman–Crippen MR) is 154 cm³/mol. The summed E-state index contributed by atoms with van der Waals surface area (Å²) in [7, 11) is 2.17. The van der Waals surface area contributed by atoms with E-state index in [-0.39, 0.29) is 0 Å². The van der Waals surface area contributed by atoms with Crippen LogP contribution in [0.5, 0.6) is 0 Å². The zero-order chi connectivity index (χ0) is 24.7. The average molecular weight is 543 g/mol. The number of furan rings is 1. The second kappa shape index (κ2) is 7.69. The molecule has 0 atom stereocenters. The summed E-state index contributed by atoms with van der Waals surface area (Å²) in [4.78, 5) is 0. The van der Waals surface area contributed by atoms with Crippen molar-refractivity contribution in [1.29, 1.82) is 0 Å². The molecule has 0 saturated heterocycles. The van der Waals surface area contributed by atoms with Crippen molar-refractivity contribution in [2.24, 2.45) is 7.05 Å². The summed E-state index contributed by atoms with van der Waals surface area (Å²) in [6.07, 6.45) is 0. The van der Waals surface area contributed by atoms with Crippen molar-refractivity contribution in [2.45, 2.75) is 6.92 Å². The van der Waals surface area contributed by atoms with Gasteiger partial charge in [-0.3, -0.25) is 0 Å². The average Bonchev–Trinajstić information content (AvgIpc) is 3.58. The molecule has 37 heavy (non-hydrogen) atoms. The summed E-state index contributed by atoms with van der Waals surface area (Å²) in [5, 5.41) is 5.06. The first-order valence-electron chi connectivity index (χ1n) is 12.5. The number of fused-ring (bicyclic) bond motifs is 7. The van der Waals surface area contributed by atoms with Crippen LogP contribution in [-0.2, 0) is 7.05 Å². The van der Waals surface area contributed by atoms with Crippen molar-refractivity contribution in [3.8, 4) is 17.1 Å². The van der Waals surface area contributed by atoms with Gasteiger partial charge in [0.25, 0.3) is 0 Å². The summed E-state index contributed by atoms with van der Waals surface area (Å²) < 4.78 is 14.2. The molecule has 0 aliphatic carbocycles. The van der Waals surface area contributed by atoms with Crippen molar-refractivity contribution in [2.75, 3.05) is 0 Å². The van der Waals surface area contributed by atoms with Gasteiger partial charge in [0, 0.05) is 0 Å². The summed E-state index contributed by atoms with van der Waals surface area (Å²) >= 11 is 0.307. The van der Waals surface area contributed by atoms with Crippen molar-refractivity contribution in [3.05, 3.63) is 109 Å². The number of rotatable bonds is 2. The van der Waals surface area contributed by atoms with Crippen molar-refractivity contribution < 1.29 is 8.98 Å². The van der Waals surface area contributed by atoms with E-state index in [1.165, 1.54) is 41.6 Å². The van der Waals surface area contributed by atoms with E-state index in [0.717, 1.165) is 33.3 Å². The fourth-order valence-electron chi connectivity index (χ4n) is 5.87. The first-order valence-corrected chi connectivity index (χ1v) is 14.2. The van der Waals surface area contributed by atoms with Crippen LogP contribution >= 0.6 is 0 Å². The van der Waals surface area contributed by atoms with Gasteiger partial charge < -0.3 is 0 Å². The van der Waals surface area contributed by atoms with Gasteiger partial charge >= 0.3 is 220 Å². The quantitative estimate of drug-likeness (QED) is 0.162. The maximum absolute atomic E-state index is 6.55. The number of aromatic nitrogens is 2. The van der Waals surface area contributed by atoms with Crippen LogP contribution in [-0.4, -0.2) is 19.1 Å². The molecular weight excluding hydrogens is 519 g/mol. The second-order valence-electron chi connectivity index (χ2n) is 9.72. The number of imidazole rings is 1. The van der Waals surface area contributed by atoms with E-state index >= 15 is 0 Å². The van der Waals surface area contributed by atoms with Crippen LogP contribution in [0.15, 0.2) is 108 Å². The molecule has 8 aromatic rings. The molecule has 0 N–H and O–H groups in total. The number of hydrogen-bond acceptors (Lipinski definition) is 1. The summed E-state index contributed by atoms with van der Waals surface area (Å²) in [5.41, 5.74) is 7.78. The summed E-state index contributed by atoms with van der Waals surface area (Å²) in [6.45, 7) is 2.19. The maximum atomic E-state index is 6.55. The van der Waals surface area contributed by atoms with E-state index in [1.54, 1.807) is 0 Å². The minimum atomic E-state index is 0.307. The van der Waals surface area contributed by atoms with Gasteiger partial charge in [-0.25, -0.2) is 0 Å². The molecule has 176 valence electrons. The second-order valence-corrected chi connectivity index (χ2v) is 12.0. The molecule has 3 nitrogen and oxygen atoms in total. The molecule has 0 fully saturated rings. The number of hydrogen-bond donors (Lipinski definition) is 0. The SMILES string of the molecule is Cc1ccc2c(oc3ccccc32)c1-c1n(-c2ccc3c(c2)[se]c2ccccc23)c2ccccc2[n+]1C. The number of aryl methyl sites for hydroxylation is 2. The third kappa shape index (κ3) is 2.91. The molecular formula is C33H23N2OSe+. The van der Waals surface area contributed by atoms with E-state index in [1.807, 2.05) is 6.07 Å². The fraction of sp³-hybridized carbons (Fsp3) is 0.0606. The number of nitrogens with zero attached hydrogens (tertiary/aromatic N) is 2. The van der Waals surface area contributed by atoms with Gasteiger partial charge in [0.2, 0.25) is 0 Å². The van der Waals surface area contributed by atoms with Gasteiger partial charge in [-0.15, -0.1) is 0 Å². The van der Waals surface area contributed by atoms with Crippen LogP contribution in [0, 0.1) is 6.92 Å². The van der Waals surface area contributed by atoms with Gasteiger partial charge in [0.05, 0.1) is 0 Å². The van der Waals surface area contributed by atoms with Crippen molar-refractivity contribution >= 4 is 66.8 Å². The van der Waals surface area contributed by atoms with Gasteiger partial charge in [0.1, 0.15) is 0 Å². The van der Waals surface area contributed by atoms with E-state index in [9.17, 15) is 0 Å². The molecule has 0 saturated carbocycles. The molecule has 8 rings (SSSR count). The Kier molecular flexibility index (Phi) is 4.37. The Morgan fingerprint density at radius 3 is 2.35 bits per heavy atom. The Balaban J connectivity index is 1.50. The van der Waals surface area contributed by atoms with Crippen molar-refractivity contribution in [3.63, 3.8) is 0 Å². The van der Waals surface area contributed by atoms with Crippen LogP contribution in [0.1, 0.15) is 5.56 Å². The van der Waals surface area contributed by atoms with E-state index in [4.69, 9.17) is 4.42 Å². The molecule has 0 amide bonds. The zero-order valence-corrected chi connectivity index (χ0v) is 22.2. The molecule has 0 bridgehead atoms. The van der Waals surface area contributed by atoms with Crippen LogP contribution in [0.3, 0.4) is 0 Å². The standard InChI is InChI=1S/C33H23N2OSe/c1-20-15-17-25-22-9-3-7-13-28(22)36-32(25)31(20)33-34(2)26-11-5-6-12-27(26)35(33)21-16-18-24-23-10-4-8-14-29(23)37-30(24)19-21/h3-19H,1-2H3/q+1. The molecule has 4 heteroatoms. The molecule has 0 spiro atoms. The topological polar surface area (TPSA) is 21.9 Å². The predicted octanol–water partition coefficient (Wildman–Crippen LogP) is 7.69. The van der Waals surface area contributed by atoms with Gasteiger partial charge in [0.15, 0.2) is 0 Å². The van der Waals surface area contributed by atoms with Crippen LogP contribution in [0.2, 0.25) is 0 Å². The van der Waals surface area contributed by atoms with Crippen LogP contribution in [0.25, 0.3) is 69.3 Å². The molecule has 0 unspecified atom stereocenters. The third-order valence-electron chi connectivity index (χ3n) is 7.61. The molecule has 3 heterocycles. The minimum absolute atomic E-state index is 0.307. The molecule has 0 aliphatic rings. The summed E-state index contributed by atoms with van der Waals surface area (Å²) in [5.74, 6) is 1.13. The van der Waals surface area contributed by atoms with Crippen LogP contribution < -0.4 is 4.57 Å². The van der Waals surface area contributed by atoms with E-state index in [0.29, 0.717) is 14.5 Å². The van der Waals surface area contributed by atoms with E-state index in [2.05, 4.69) is 120 Å². The fourth-order valence-corrected chi connectivity index (χ4v) is 8.26. The normalized spacial score (nSPS) is 12.1. The van der Waals surface area contributed by atoms with Gasteiger partial charge in [-0.1, -0.05) is 0 Å². The Morgan fingerprint density at radius 2 is 1.43 bits per heavy atom. The zero-order valence-electron chi connectivity index (χ0n) is 20.5. The summed E-state index contributed by atoms with van der Waals surface area (Å²) in [6, 6.07) is 37.2. The Hall–Kier alpha value is -4.11. The first-order chi connectivity index (χ1) is 18.2. The molecule has 0 radical (unpaired) electrons. The Labute approximate surface area is 219 Å². The Morgan fingerprint density at radius 1 is 0.703 bits per heavy atom. The molecule has 3 aromatic heterocycles. The van der Waals surface area contributed by atoms with Crippen molar-refractivity contribution in [1.82, 2.24) is 4.57 Å². The monoisotopic (exact) mass is 543 g/mol. The number of benzene rings is 5. The molecule has 0 aliphatic heterocycles. The Bertz CT molecular complexity index is 2180. The van der Waals surface area contributed by atoms with E-state index < -0.39 is 0 Å². The third-order valence-corrected chi connectivity index (χ3v) is 9.99. The van der Waals surface area contributed by atoms with Crippen LogP contribution in [0.4, 0.5) is 0 Å². The molecule has 5 aromatic carbocycles. The first kappa shape index (κ1) is 21.0. The number of para-hydroxylation sites is 3.